The molecule has 1 nitrogen and oxygen atoms in total. The monoisotopic (exact) mass is 285 g/mol. The van der Waals surface area contributed by atoms with Gasteiger partial charge in [-0.2, -0.15) is 0 Å². The fourth-order valence-electron chi connectivity index (χ4n) is 2.70. The van der Waals surface area contributed by atoms with Crippen LogP contribution in [0.2, 0.25) is 0 Å². The number of benzene rings is 2. The number of hydrogen-bond acceptors (Lipinski definition) is 1. The molecule has 1 unspecified atom stereocenters. The Labute approximate surface area is 127 Å². The number of rotatable bonds is 5. The van der Waals surface area contributed by atoms with Crippen molar-refractivity contribution in [3.05, 3.63) is 71.0 Å². The van der Waals surface area contributed by atoms with Crippen LogP contribution in [0, 0.1) is 11.7 Å². The van der Waals surface area contributed by atoms with Crippen LogP contribution in [0.5, 0.6) is 0 Å². The summed E-state index contributed by atoms with van der Waals surface area (Å²) in [6.45, 7) is 6.43. The minimum atomic E-state index is -0.499. The van der Waals surface area contributed by atoms with Gasteiger partial charge in [-0.15, -0.1) is 0 Å². The van der Waals surface area contributed by atoms with Gasteiger partial charge in [-0.3, -0.25) is 0 Å². The van der Waals surface area contributed by atoms with E-state index in [0.717, 1.165) is 17.5 Å². The fraction of sp³-hybridized carbons (Fsp3) is 0.368. The summed E-state index contributed by atoms with van der Waals surface area (Å²) in [5.74, 6) is 0.407. The SMILES string of the molecule is CC(C)Cc1cccc(C(C)(N)Cc2cccc(F)c2)c1. The highest BCUT2D eigenvalue weighted by atomic mass is 19.1. The zero-order valence-electron chi connectivity index (χ0n) is 13.1. The van der Waals surface area contributed by atoms with E-state index in [2.05, 4.69) is 38.1 Å². The first kappa shape index (κ1) is 15.7. The standard InChI is InChI=1S/C19H24FN/c1-14(2)10-15-6-4-8-17(11-15)19(3,21)13-16-7-5-9-18(20)12-16/h4-9,11-12,14H,10,13,21H2,1-3H3. The number of hydrogen-bond donors (Lipinski definition) is 1. The Hall–Kier alpha value is -1.67. The second kappa shape index (κ2) is 6.40. The van der Waals surface area contributed by atoms with Gasteiger partial charge in [0.2, 0.25) is 0 Å². The second-order valence-corrected chi connectivity index (χ2v) is 6.52. The van der Waals surface area contributed by atoms with Gasteiger partial charge in [0, 0.05) is 5.54 Å². The molecular formula is C19H24FN. The van der Waals surface area contributed by atoms with E-state index in [4.69, 9.17) is 5.73 Å². The molecule has 112 valence electrons. The Morgan fingerprint density at radius 2 is 1.71 bits per heavy atom. The molecule has 2 rings (SSSR count). The van der Waals surface area contributed by atoms with Gasteiger partial charge < -0.3 is 5.73 Å². The highest BCUT2D eigenvalue weighted by Crippen LogP contribution is 2.24. The lowest BCUT2D eigenvalue weighted by Crippen LogP contribution is -2.35. The number of halogens is 1. The lowest BCUT2D eigenvalue weighted by atomic mass is 9.85. The van der Waals surface area contributed by atoms with Gasteiger partial charge in [0.15, 0.2) is 0 Å². The molecule has 0 heterocycles. The topological polar surface area (TPSA) is 26.0 Å². The van der Waals surface area contributed by atoms with E-state index in [1.54, 1.807) is 12.1 Å². The maximum absolute atomic E-state index is 13.3. The van der Waals surface area contributed by atoms with Crippen LogP contribution >= 0.6 is 0 Å². The maximum atomic E-state index is 13.3. The molecule has 0 fully saturated rings. The number of nitrogens with two attached hydrogens (primary N) is 1. The average molecular weight is 285 g/mol. The van der Waals surface area contributed by atoms with Crippen LogP contribution in [0.3, 0.4) is 0 Å². The van der Waals surface area contributed by atoms with E-state index in [9.17, 15) is 4.39 Å². The normalized spacial score (nSPS) is 14.2. The summed E-state index contributed by atoms with van der Waals surface area (Å²) in [5.41, 5.74) is 9.33. The molecule has 2 N–H and O–H groups in total. The van der Waals surface area contributed by atoms with E-state index in [1.165, 1.54) is 11.6 Å². The zero-order valence-corrected chi connectivity index (χ0v) is 13.1. The van der Waals surface area contributed by atoms with Crippen LogP contribution in [0.1, 0.15) is 37.5 Å². The molecule has 2 aromatic rings. The van der Waals surface area contributed by atoms with Crippen molar-refractivity contribution in [2.24, 2.45) is 11.7 Å². The van der Waals surface area contributed by atoms with E-state index in [-0.39, 0.29) is 5.82 Å². The van der Waals surface area contributed by atoms with Crippen molar-refractivity contribution < 1.29 is 4.39 Å². The molecule has 2 aromatic carbocycles. The molecule has 1 atom stereocenters. The van der Waals surface area contributed by atoms with Crippen molar-refractivity contribution in [2.75, 3.05) is 0 Å². The lowest BCUT2D eigenvalue weighted by Gasteiger charge is -2.26. The molecule has 0 spiro atoms. The molecule has 0 bridgehead atoms. The summed E-state index contributed by atoms with van der Waals surface area (Å²) in [5, 5.41) is 0. The Balaban J connectivity index is 2.22. The van der Waals surface area contributed by atoms with Gasteiger partial charge in [0.25, 0.3) is 0 Å². The first-order valence-electron chi connectivity index (χ1n) is 7.49. The van der Waals surface area contributed by atoms with E-state index < -0.39 is 5.54 Å². The Bertz CT molecular complexity index is 602. The summed E-state index contributed by atoms with van der Waals surface area (Å²) in [7, 11) is 0. The minimum Gasteiger partial charge on any atom is -0.321 e. The third-order valence-electron chi connectivity index (χ3n) is 3.69. The van der Waals surface area contributed by atoms with Crippen LogP contribution in [-0.4, -0.2) is 0 Å². The molecule has 0 aliphatic heterocycles. The highest BCUT2D eigenvalue weighted by Gasteiger charge is 2.22. The highest BCUT2D eigenvalue weighted by molar-refractivity contribution is 5.31. The molecule has 0 aliphatic carbocycles. The van der Waals surface area contributed by atoms with E-state index >= 15 is 0 Å². The summed E-state index contributed by atoms with van der Waals surface area (Å²) in [6.07, 6.45) is 1.67. The quantitative estimate of drug-likeness (QED) is 0.863. The first-order valence-corrected chi connectivity index (χ1v) is 7.49. The molecule has 0 radical (unpaired) electrons. The van der Waals surface area contributed by atoms with Gasteiger partial charge in [-0.05, 0) is 54.5 Å². The fourth-order valence-corrected chi connectivity index (χ4v) is 2.70. The van der Waals surface area contributed by atoms with Crippen LogP contribution in [0.15, 0.2) is 48.5 Å². The third kappa shape index (κ3) is 4.40. The van der Waals surface area contributed by atoms with Crippen molar-refractivity contribution in [3.63, 3.8) is 0 Å². The van der Waals surface area contributed by atoms with Crippen molar-refractivity contribution in [2.45, 2.75) is 39.2 Å². The van der Waals surface area contributed by atoms with Crippen LogP contribution in [-0.2, 0) is 18.4 Å². The van der Waals surface area contributed by atoms with Crippen LogP contribution in [0.4, 0.5) is 4.39 Å². The molecule has 0 saturated heterocycles. The molecule has 0 aromatic heterocycles. The minimum absolute atomic E-state index is 0.211. The van der Waals surface area contributed by atoms with Gasteiger partial charge in [0.1, 0.15) is 5.82 Å². The smallest absolute Gasteiger partial charge is 0.123 e. The van der Waals surface area contributed by atoms with Crippen LogP contribution < -0.4 is 5.73 Å². The summed E-state index contributed by atoms with van der Waals surface area (Å²) in [4.78, 5) is 0. The molecular weight excluding hydrogens is 261 g/mol. The summed E-state index contributed by atoms with van der Waals surface area (Å²) < 4.78 is 13.3. The van der Waals surface area contributed by atoms with Crippen molar-refractivity contribution in [1.29, 1.82) is 0 Å². The summed E-state index contributed by atoms with van der Waals surface area (Å²) >= 11 is 0. The van der Waals surface area contributed by atoms with Crippen molar-refractivity contribution >= 4 is 0 Å². The zero-order chi connectivity index (χ0) is 15.5. The Morgan fingerprint density at radius 1 is 1.05 bits per heavy atom. The predicted molar refractivity (Wildman–Crippen MR) is 86.6 cm³/mol. The molecule has 21 heavy (non-hydrogen) atoms. The van der Waals surface area contributed by atoms with Crippen molar-refractivity contribution in [3.8, 4) is 0 Å². The van der Waals surface area contributed by atoms with Gasteiger partial charge >= 0.3 is 0 Å². The molecule has 0 aliphatic rings. The molecule has 0 amide bonds. The first-order chi connectivity index (χ1) is 9.87. The summed E-state index contributed by atoms with van der Waals surface area (Å²) in [6, 6.07) is 15.1. The van der Waals surface area contributed by atoms with Gasteiger partial charge in [-0.25, -0.2) is 4.39 Å². The van der Waals surface area contributed by atoms with Crippen LogP contribution in [0.25, 0.3) is 0 Å². The maximum Gasteiger partial charge on any atom is 0.123 e. The molecule has 0 saturated carbocycles. The Morgan fingerprint density at radius 3 is 2.38 bits per heavy atom. The predicted octanol–water partition coefficient (Wildman–Crippen LogP) is 4.44. The average Bonchev–Trinajstić information content (AvgIpc) is 2.37. The largest absolute Gasteiger partial charge is 0.321 e. The van der Waals surface area contributed by atoms with E-state index in [1.807, 2.05) is 13.0 Å². The second-order valence-electron chi connectivity index (χ2n) is 6.52. The Kier molecular flexibility index (Phi) is 4.79. The third-order valence-corrected chi connectivity index (χ3v) is 3.69. The van der Waals surface area contributed by atoms with Gasteiger partial charge in [-0.1, -0.05) is 50.2 Å². The lowest BCUT2D eigenvalue weighted by molar-refractivity contribution is 0.488. The van der Waals surface area contributed by atoms with Crippen molar-refractivity contribution in [1.82, 2.24) is 0 Å². The van der Waals surface area contributed by atoms with E-state index in [0.29, 0.717) is 12.3 Å². The van der Waals surface area contributed by atoms with Gasteiger partial charge in [0.05, 0.1) is 0 Å². The molecule has 2 heteroatoms.